The summed E-state index contributed by atoms with van der Waals surface area (Å²) in [6.07, 6.45) is 2.07. The third-order valence-corrected chi connectivity index (χ3v) is 3.85. The zero-order chi connectivity index (χ0) is 13.2. The molecule has 1 aromatic heterocycles. The van der Waals surface area contributed by atoms with E-state index in [1.807, 2.05) is 0 Å². The van der Waals surface area contributed by atoms with Crippen molar-refractivity contribution < 1.29 is 0 Å². The molecule has 3 aromatic rings. The van der Waals surface area contributed by atoms with Gasteiger partial charge in [-0.3, -0.25) is 0 Å². The lowest BCUT2D eigenvalue weighted by molar-refractivity contribution is 1.13. The standard InChI is InChI=1S/C18H19N/c1-3-15-10-7-11-16-17(13(2)19-18(15)16)12-14-8-5-4-6-9-14/h4-11,19H,3,12H2,1-2H3. The van der Waals surface area contributed by atoms with Crippen molar-refractivity contribution in [1.82, 2.24) is 4.98 Å². The smallest absolute Gasteiger partial charge is 0.0491 e. The predicted octanol–water partition coefficient (Wildman–Crippen LogP) is 4.63. The van der Waals surface area contributed by atoms with E-state index >= 15 is 0 Å². The van der Waals surface area contributed by atoms with Crippen LogP contribution in [0.25, 0.3) is 10.9 Å². The second-order valence-corrected chi connectivity index (χ2v) is 5.08. The van der Waals surface area contributed by atoms with Crippen LogP contribution in [0.3, 0.4) is 0 Å². The number of aromatic amines is 1. The predicted molar refractivity (Wildman–Crippen MR) is 81.7 cm³/mol. The lowest BCUT2D eigenvalue weighted by atomic mass is 10.0. The van der Waals surface area contributed by atoms with Gasteiger partial charge in [0.25, 0.3) is 0 Å². The van der Waals surface area contributed by atoms with Gasteiger partial charge in [-0.25, -0.2) is 0 Å². The zero-order valence-electron chi connectivity index (χ0n) is 11.5. The molecule has 0 spiro atoms. The van der Waals surface area contributed by atoms with Crippen LogP contribution in [0.1, 0.15) is 29.3 Å². The Kier molecular flexibility index (Phi) is 3.12. The minimum absolute atomic E-state index is 1.000. The molecule has 0 atom stereocenters. The molecule has 3 rings (SSSR count). The van der Waals surface area contributed by atoms with Crippen LogP contribution in [-0.2, 0) is 12.8 Å². The Bertz CT molecular complexity index is 692. The van der Waals surface area contributed by atoms with E-state index in [1.54, 1.807) is 0 Å². The van der Waals surface area contributed by atoms with Crippen molar-refractivity contribution >= 4 is 10.9 Å². The number of hydrogen-bond acceptors (Lipinski definition) is 0. The van der Waals surface area contributed by atoms with Gasteiger partial charge in [0, 0.05) is 16.6 Å². The molecule has 2 aromatic carbocycles. The second-order valence-electron chi connectivity index (χ2n) is 5.08. The van der Waals surface area contributed by atoms with Crippen LogP contribution < -0.4 is 0 Å². The van der Waals surface area contributed by atoms with Crippen molar-refractivity contribution in [2.45, 2.75) is 26.7 Å². The summed E-state index contributed by atoms with van der Waals surface area (Å²) < 4.78 is 0. The number of hydrogen-bond donors (Lipinski definition) is 1. The van der Waals surface area contributed by atoms with Crippen LogP contribution in [0.15, 0.2) is 48.5 Å². The summed E-state index contributed by atoms with van der Waals surface area (Å²) in [5.74, 6) is 0. The van der Waals surface area contributed by atoms with Crippen molar-refractivity contribution in [3.05, 3.63) is 70.9 Å². The summed E-state index contributed by atoms with van der Waals surface area (Å²) in [7, 11) is 0. The maximum atomic E-state index is 3.57. The van der Waals surface area contributed by atoms with Gasteiger partial charge in [-0.15, -0.1) is 0 Å². The molecule has 0 fully saturated rings. The Morgan fingerprint density at radius 1 is 0.947 bits per heavy atom. The molecular weight excluding hydrogens is 230 g/mol. The quantitative estimate of drug-likeness (QED) is 0.696. The third-order valence-electron chi connectivity index (χ3n) is 3.85. The van der Waals surface area contributed by atoms with Gasteiger partial charge in [-0.05, 0) is 36.5 Å². The molecule has 0 unspecified atom stereocenters. The van der Waals surface area contributed by atoms with Crippen LogP contribution >= 0.6 is 0 Å². The van der Waals surface area contributed by atoms with Crippen LogP contribution in [0, 0.1) is 6.92 Å². The van der Waals surface area contributed by atoms with Crippen molar-refractivity contribution in [1.29, 1.82) is 0 Å². The van der Waals surface area contributed by atoms with Crippen LogP contribution in [0.2, 0.25) is 0 Å². The minimum Gasteiger partial charge on any atom is -0.358 e. The topological polar surface area (TPSA) is 15.8 Å². The average Bonchev–Trinajstić information content (AvgIpc) is 2.76. The highest BCUT2D eigenvalue weighted by atomic mass is 14.7. The van der Waals surface area contributed by atoms with Gasteiger partial charge in [0.05, 0.1) is 0 Å². The number of benzene rings is 2. The first-order valence-electron chi connectivity index (χ1n) is 6.92. The molecule has 0 aliphatic heterocycles. The lowest BCUT2D eigenvalue weighted by Crippen LogP contribution is -1.89. The van der Waals surface area contributed by atoms with Gasteiger partial charge in [0.1, 0.15) is 0 Å². The number of para-hydroxylation sites is 1. The van der Waals surface area contributed by atoms with Gasteiger partial charge >= 0.3 is 0 Å². The highest BCUT2D eigenvalue weighted by Gasteiger charge is 2.10. The molecule has 1 heterocycles. The van der Waals surface area contributed by atoms with Crippen LogP contribution in [0.5, 0.6) is 0 Å². The van der Waals surface area contributed by atoms with E-state index in [-0.39, 0.29) is 0 Å². The molecule has 19 heavy (non-hydrogen) atoms. The van der Waals surface area contributed by atoms with E-state index in [0.29, 0.717) is 0 Å². The average molecular weight is 249 g/mol. The molecule has 0 bridgehead atoms. The summed E-state index contributed by atoms with van der Waals surface area (Å²) in [6, 6.07) is 17.3. The van der Waals surface area contributed by atoms with E-state index in [2.05, 4.69) is 67.4 Å². The molecule has 0 amide bonds. The SMILES string of the molecule is CCc1cccc2c(Cc3ccccc3)c(C)[nH]c12. The largest absolute Gasteiger partial charge is 0.358 e. The summed E-state index contributed by atoms with van der Waals surface area (Å²) in [5, 5.41) is 1.38. The van der Waals surface area contributed by atoms with E-state index in [4.69, 9.17) is 0 Å². The number of rotatable bonds is 3. The number of aromatic nitrogens is 1. The van der Waals surface area contributed by atoms with Crippen LogP contribution in [0.4, 0.5) is 0 Å². The Labute approximate surface area is 114 Å². The summed E-state index contributed by atoms with van der Waals surface area (Å²) in [5.41, 5.74) is 6.80. The van der Waals surface area contributed by atoms with Crippen molar-refractivity contribution in [3.63, 3.8) is 0 Å². The Morgan fingerprint density at radius 3 is 2.47 bits per heavy atom. The van der Waals surface area contributed by atoms with Crippen molar-refractivity contribution in [3.8, 4) is 0 Å². The summed E-state index contributed by atoms with van der Waals surface area (Å²) >= 11 is 0. The molecule has 0 aliphatic carbocycles. The summed E-state index contributed by atoms with van der Waals surface area (Å²) in [4.78, 5) is 3.57. The number of H-pyrrole nitrogens is 1. The first-order chi connectivity index (χ1) is 9.29. The number of fused-ring (bicyclic) bond motifs is 1. The van der Waals surface area contributed by atoms with E-state index < -0.39 is 0 Å². The molecule has 1 heteroatoms. The monoisotopic (exact) mass is 249 g/mol. The zero-order valence-corrected chi connectivity index (χ0v) is 11.5. The molecular formula is C18H19N. The highest BCUT2D eigenvalue weighted by Crippen LogP contribution is 2.27. The molecule has 0 saturated carbocycles. The highest BCUT2D eigenvalue weighted by molar-refractivity contribution is 5.87. The second kappa shape index (κ2) is 4.93. The van der Waals surface area contributed by atoms with Gasteiger partial charge in [-0.2, -0.15) is 0 Å². The molecule has 0 aliphatic rings. The molecule has 0 saturated heterocycles. The van der Waals surface area contributed by atoms with Gasteiger partial charge in [-0.1, -0.05) is 55.5 Å². The molecule has 96 valence electrons. The number of aryl methyl sites for hydroxylation is 2. The minimum atomic E-state index is 1.000. The third kappa shape index (κ3) is 2.17. The maximum absolute atomic E-state index is 3.57. The van der Waals surface area contributed by atoms with E-state index in [0.717, 1.165) is 12.8 Å². The van der Waals surface area contributed by atoms with E-state index in [9.17, 15) is 0 Å². The first kappa shape index (κ1) is 12.0. The normalized spacial score (nSPS) is 11.1. The van der Waals surface area contributed by atoms with Crippen molar-refractivity contribution in [2.75, 3.05) is 0 Å². The lowest BCUT2D eigenvalue weighted by Gasteiger charge is -2.03. The van der Waals surface area contributed by atoms with Gasteiger partial charge < -0.3 is 4.98 Å². The number of nitrogens with one attached hydrogen (secondary N) is 1. The maximum Gasteiger partial charge on any atom is 0.0491 e. The van der Waals surface area contributed by atoms with Gasteiger partial charge in [0.2, 0.25) is 0 Å². The van der Waals surface area contributed by atoms with Crippen molar-refractivity contribution in [2.24, 2.45) is 0 Å². The molecule has 0 radical (unpaired) electrons. The Hall–Kier alpha value is -2.02. The van der Waals surface area contributed by atoms with E-state index in [1.165, 1.54) is 33.3 Å². The fourth-order valence-electron chi connectivity index (χ4n) is 2.79. The van der Waals surface area contributed by atoms with Crippen LogP contribution in [-0.4, -0.2) is 4.98 Å². The fourth-order valence-corrected chi connectivity index (χ4v) is 2.79. The van der Waals surface area contributed by atoms with Gasteiger partial charge in [0.15, 0.2) is 0 Å². The first-order valence-corrected chi connectivity index (χ1v) is 6.92. The molecule has 1 N–H and O–H groups in total. The fraction of sp³-hybridized carbons (Fsp3) is 0.222. The summed E-state index contributed by atoms with van der Waals surface area (Å²) in [6.45, 7) is 4.39. The Balaban J connectivity index is 2.11. The Morgan fingerprint density at radius 2 is 1.74 bits per heavy atom. The molecule has 1 nitrogen and oxygen atoms in total.